The lowest BCUT2D eigenvalue weighted by Crippen LogP contribution is -1.95. The van der Waals surface area contributed by atoms with Gasteiger partial charge < -0.3 is 5.73 Å². The molecule has 0 aliphatic heterocycles. The molecule has 3 nitrogen and oxygen atoms in total. The van der Waals surface area contributed by atoms with Crippen LogP contribution in [0.3, 0.4) is 0 Å². The second-order valence-electron chi connectivity index (χ2n) is 3.55. The Morgan fingerprint density at radius 2 is 1.93 bits per heavy atom. The fourth-order valence-corrected chi connectivity index (χ4v) is 1.80. The molecule has 1 aromatic heterocycles. The first-order chi connectivity index (χ1) is 7.24. The largest absolute Gasteiger partial charge is 0.395 e. The third kappa shape index (κ3) is 1.61. The van der Waals surface area contributed by atoms with Gasteiger partial charge >= 0.3 is 0 Å². The Kier molecular flexibility index (Phi) is 2.46. The molecule has 0 saturated carbocycles. The molecule has 0 radical (unpaired) electrons. The van der Waals surface area contributed by atoms with Crippen LogP contribution in [-0.4, -0.2) is 9.78 Å². The van der Waals surface area contributed by atoms with Crippen molar-refractivity contribution in [2.24, 2.45) is 7.05 Å². The Labute approximate surface area is 89.5 Å². The number of nitrogen functional groups attached to an aromatic ring is 1. The summed E-state index contributed by atoms with van der Waals surface area (Å²) in [5, 5.41) is 4.40. The van der Waals surface area contributed by atoms with E-state index < -0.39 is 0 Å². The van der Waals surface area contributed by atoms with E-state index >= 15 is 0 Å². The van der Waals surface area contributed by atoms with Crippen molar-refractivity contribution in [3.05, 3.63) is 36.0 Å². The monoisotopic (exact) mass is 201 g/mol. The van der Waals surface area contributed by atoms with Crippen LogP contribution in [0.2, 0.25) is 0 Å². The van der Waals surface area contributed by atoms with Crippen molar-refractivity contribution < 1.29 is 0 Å². The van der Waals surface area contributed by atoms with Crippen LogP contribution in [0, 0.1) is 0 Å². The van der Waals surface area contributed by atoms with Gasteiger partial charge in [-0.15, -0.1) is 0 Å². The molecule has 0 aliphatic carbocycles. The summed E-state index contributed by atoms with van der Waals surface area (Å²) in [5.41, 5.74) is 9.95. The molecule has 2 rings (SSSR count). The number of nitrogens with zero attached hydrogens (tertiary/aromatic N) is 2. The van der Waals surface area contributed by atoms with Crippen LogP contribution in [0.15, 0.2) is 30.3 Å². The molecule has 0 fully saturated rings. The lowest BCUT2D eigenvalue weighted by Gasteiger charge is -2.02. The molecule has 1 aromatic carbocycles. The second-order valence-corrected chi connectivity index (χ2v) is 3.55. The van der Waals surface area contributed by atoms with Crippen LogP contribution in [0.5, 0.6) is 0 Å². The van der Waals surface area contributed by atoms with Crippen molar-refractivity contribution >= 4 is 5.69 Å². The minimum absolute atomic E-state index is 0.797. The van der Waals surface area contributed by atoms with Crippen LogP contribution in [0.1, 0.15) is 12.6 Å². The van der Waals surface area contributed by atoms with Crippen LogP contribution < -0.4 is 5.73 Å². The van der Waals surface area contributed by atoms with Crippen LogP contribution in [-0.2, 0) is 13.5 Å². The van der Waals surface area contributed by atoms with Gasteiger partial charge in [0.15, 0.2) is 0 Å². The summed E-state index contributed by atoms with van der Waals surface area (Å²) in [6, 6.07) is 10.1. The SMILES string of the molecule is CCc1nn(C)c(-c2ccccc2)c1N. The van der Waals surface area contributed by atoms with Gasteiger partial charge in [0, 0.05) is 12.6 Å². The lowest BCUT2D eigenvalue weighted by molar-refractivity contribution is 0.753. The molecule has 0 aliphatic rings. The number of hydrogen-bond acceptors (Lipinski definition) is 2. The van der Waals surface area contributed by atoms with Gasteiger partial charge in [-0.2, -0.15) is 5.10 Å². The first-order valence-electron chi connectivity index (χ1n) is 5.10. The fraction of sp³-hybridized carbons (Fsp3) is 0.250. The maximum atomic E-state index is 6.06. The van der Waals surface area contributed by atoms with Crippen LogP contribution >= 0.6 is 0 Å². The topological polar surface area (TPSA) is 43.8 Å². The van der Waals surface area contributed by atoms with Crippen LogP contribution in [0.25, 0.3) is 11.3 Å². The number of anilines is 1. The summed E-state index contributed by atoms with van der Waals surface area (Å²) in [5.74, 6) is 0. The summed E-state index contributed by atoms with van der Waals surface area (Å²) < 4.78 is 1.85. The molecule has 1 heterocycles. The van der Waals surface area contributed by atoms with E-state index in [4.69, 9.17) is 5.73 Å². The maximum Gasteiger partial charge on any atom is 0.0911 e. The molecule has 15 heavy (non-hydrogen) atoms. The summed E-state index contributed by atoms with van der Waals surface area (Å²) in [4.78, 5) is 0. The molecule has 3 heteroatoms. The standard InChI is InChI=1S/C12H15N3/c1-3-10-11(13)12(15(2)14-10)9-7-5-4-6-8-9/h4-8H,3,13H2,1-2H3. The van der Waals surface area contributed by atoms with Gasteiger partial charge in [-0.3, -0.25) is 4.68 Å². The molecule has 0 unspecified atom stereocenters. The normalized spacial score (nSPS) is 10.5. The van der Waals surface area contributed by atoms with Gasteiger partial charge in [-0.05, 0) is 6.42 Å². The van der Waals surface area contributed by atoms with Gasteiger partial charge in [0.25, 0.3) is 0 Å². The van der Waals surface area contributed by atoms with Gasteiger partial charge in [0.1, 0.15) is 0 Å². The Balaban J connectivity index is 2.58. The average Bonchev–Trinajstić information content (AvgIpc) is 2.55. The molecule has 2 N–H and O–H groups in total. The van der Waals surface area contributed by atoms with Crippen molar-refractivity contribution in [1.82, 2.24) is 9.78 Å². The minimum atomic E-state index is 0.797. The summed E-state index contributed by atoms with van der Waals surface area (Å²) in [6.07, 6.45) is 0.868. The van der Waals surface area contributed by atoms with Crippen molar-refractivity contribution in [2.75, 3.05) is 5.73 Å². The Hall–Kier alpha value is -1.77. The summed E-state index contributed by atoms with van der Waals surface area (Å²) in [7, 11) is 1.93. The maximum absolute atomic E-state index is 6.06. The van der Waals surface area contributed by atoms with Crippen molar-refractivity contribution in [2.45, 2.75) is 13.3 Å². The highest BCUT2D eigenvalue weighted by Crippen LogP contribution is 2.27. The first-order valence-corrected chi connectivity index (χ1v) is 5.10. The Morgan fingerprint density at radius 1 is 1.27 bits per heavy atom. The zero-order chi connectivity index (χ0) is 10.8. The van der Waals surface area contributed by atoms with E-state index in [1.54, 1.807) is 0 Å². The van der Waals surface area contributed by atoms with E-state index in [1.807, 2.05) is 42.1 Å². The number of benzene rings is 1. The van der Waals surface area contributed by atoms with Crippen molar-refractivity contribution in [3.63, 3.8) is 0 Å². The average molecular weight is 201 g/mol. The molecule has 78 valence electrons. The predicted octanol–water partition coefficient (Wildman–Crippen LogP) is 2.23. The summed E-state index contributed by atoms with van der Waals surface area (Å²) in [6.45, 7) is 2.06. The second kappa shape index (κ2) is 3.77. The van der Waals surface area contributed by atoms with E-state index in [0.29, 0.717) is 0 Å². The van der Waals surface area contributed by atoms with Gasteiger partial charge in [0.05, 0.1) is 17.1 Å². The molecule has 0 atom stereocenters. The van der Waals surface area contributed by atoms with Crippen molar-refractivity contribution in [1.29, 1.82) is 0 Å². The van der Waals surface area contributed by atoms with E-state index in [-0.39, 0.29) is 0 Å². The fourth-order valence-electron chi connectivity index (χ4n) is 1.80. The number of aryl methyl sites for hydroxylation is 2. The third-order valence-electron chi connectivity index (χ3n) is 2.54. The molecular formula is C12H15N3. The molecule has 0 saturated heterocycles. The third-order valence-corrected chi connectivity index (χ3v) is 2.54. The van der Waals surface area contributed by atoms with E-state index in [0.717, 1.165) is 29.1 Å². The summed E-state index contributed by atoms with van der Waals surface area (Å²) >= 11 is 0. The highest BCUT2D eigenvalue weighted by molar-refractivity contribution is 5.74. The molecular weight excluding hydrogens is 186 g/mol. The smallest absolute Gasteiger partial charge is 0.0911 e. The van der Waals surface area contributed by atoms with Gasteiger partial charge in [-0.25, -0.2) is 0 Å². The highest BCUT2D eigenvalue weighted by Gasteiger charge is 2.12. The van der Waals surface area contributed by atoms with Gasteiger partial charge in [-0.1, -0.05) is 37.3 Å². The number of rotatable bonds is 2. The van der Waals surface area contributed by atoms with E-state index in [2.05, 4.69) is 12.0 Å². The molecule has 0 spiro atoms. The number of nitrogens with two attached hydrogens (primary N) is 1. The van der Waals surface area contributed by atoms with E-state index in [1.165, 1.54) is 0 Å². The zero-order valence-electron chi connectivity index (χ0n) is 9.07. The predicted molar refractivity (Wildman–Crippen MR) is 62.4 cm³/mol. The van der Waals surface area contributed by atoms with E-state index in [9.17, 15) is 0 Å². The Morgan fingerprint density at radius 3 is 2.47 bits per heavy atom. The molecule has 0 bridgehead atoms. The minimum Gasteiger partial charge on any atom is -0.395 e. The Bertz CT molecular complexity index is 457. The quantitative estimate of drug-likeness (QED) is 0.809. The van der Waals surface area contributed by atoms with Crippen molar-refractivity contribution in [3.8, 4) is 11.3 Å². The molecule has 0 amide bonds. The zero-order valence-corrected chi connectivity index (χ0v) is 9.07. The number of aromatic nitrogens is 2. The van der Waals surface area contributed by atoms with Gasteiger partial charge in [0.2, 0.25) is 0 Å². The highest BCUT2D eigenvalue weighted by atomic mass is 15.3. The lowest BCUT2D eigenvalue weighted by atomic mass is 10.1. The first kappa shape index (κ1) is 9.77. The van der Waals surface area contributed by atoms with Crippen LogP contribution in [0.4, 0.5) is 5.69 Å². The molecule has 2 aromatic rings. The number of hydrogen-bond donors (Lipinski definition) is 1.